The number of ether oxygens (including phenoxy) is 1. The van der Waals surface area contributed by atoms with Crippen LogP contribution in [-0.2, 0) is 14.8 Å². The van der Waals surface area contributed by atoms with Crippen LogP contribution < -0.4 is 10.5 Å². The molecule has 3 N–H and O–H groups in total. The minimum Gasteiger partial charge on any atom is -0.383 e. The molecular weight excluding hydrogens is 372 g/mol. The van der Waals surface area contributed by atoms with E-state index in [0.29, 0.717) is 6.61 Å². The summed E-state index contributed by atoms with van der Waals surface area (Å²) in [6.07, 6.45) is 0. The van der Waals surface area contributed by atoms with Crippen LogP contribution in [0.15, 0.2) is 21.5 Å². The summed E-state index contributed by atoms with van der Waals surface area (Å²) < 4.78 is 27.9. The second kappa shape index (κ2) is 6.86. The SMILES string of the molecule is COCC(C)NC(=O)c1cc(Cl)c(Br)c(S(N)(=O)=O)c1. The van der Waals surface area contributed by atoms with E-state index in [1.807, 2.05) is 0 Å². The maximum absolute atomic E-state index is 12.0. The number of methoxy groups -OCH3 is 1. The number of carbonyl (C=O) groups excluding carboxylic acids is 1. The number of hydrogen-bond donors (Lipinski definition) is 2. The number of benzene rings is 1. The molecule has 1 unspecified atom stereocenters. The van der Waals surface area contributed by atoms with Crippen LogP contribution in [0.5, 0.6) is 0 Å². The average Bonchev–Trinajstić information content (AvgIpc) is 2.30. The number of primary sulfonamides is 1. The maximum Gasteiger partial charge on any atom is 0.251 e. The van der Waals surface area contributed by atoms with E-state index in [1.165, 1.54) is 19.2 Å². The second-order valence-corrected chi connectivity index (χ2v) is 6.88. The minimum atomic E-state index is -3.99. The van der Waals surface area contributed by atoms with Crippen LogP contribution in [0, 0.1) is 0 Å². The first kappa shape index (κ1) is 17.4. The third-order valence-corrected chi connectivity index (χ3v) is 4.94. The van der Waals surface area contributed by atoms with Crippen molar-refractivity contribution >= 4 is 43.5 Å². The van der Waals surface area contributed by atoms with Gasteiger partial charge in [-0.05, 0) is 35.0 Å². The lowest BCUT2D eigenvalue weighted by molar-refractivity contribution is 0.0905. The Labute approximate surface area is 130 Å². The second-order valence-electron chi connectivity index (χ2n) is 4.15. The maximum atomic E-state index is 12.0. The molecule has 1 amide bonds. The molecular formula is C11H14BrClN2O4S. The predicted molar refractivity (Wildman–Crippen MR) is 79.3 cm³/mol. The Balaban J connectivity index is 3.15. The molecule has 0 radical (unpaired) electrons. The van der Waals surface area contributed by atoms with Crippen molar-refractivity contribution in [3.8, 4) is 0 Å². The van der Waals surface area contributed by atoms with Gasteiger partial charge in [0.15, 0.2) is 0 Å². The summed E-state index contributed by atoms with van der Waals surface area (Å²) in [5, 5.41) is 7.81. The van der Waals surface area contributed by atoms with Crippen LogP contribution in [-0.4, -0.2) is 34.1 Å². The molecule has 0 heterocycles. The molecule has 1 atom stereocenters. The molecule has 0 aliphatic heterocycles. The van der Waals surface area contributed by atoms with Gasteiger partial charge in [-0.1, -0.05) is 11.6 Å². The van der Waals surface area contributed by atoms with Crippen molar-refractivity contribution in [2.45, 2.75) is 17.9 Å². The van der Waals surface area contributed by atoms with Gasteiger partial charge in [-0.15, -0.1) is 0 Å². The summed E-state index contributed by atoms with van der Waals surface area (Å²) in [5.74, 6) is -0.464. The summed E-state index contributed by atoms with van der Waals surface area (Å²) in [6, 6.07) is 2.29. The van der Waals surface area contributed by atoms with Gasteiger partial charge in [0.05, 0.1) is 21.0 Å². The van der Waals surface area contributed by atoms with Gasteiger partial charge in [0, 0.05) is 18.7 Å². The minimum absolute atomic E-state index is 0.0843. The standard InChI is InChI=1S/C11H14BrClN2O4S/c1-6(5-19-2)15-11(16)7-3-8(13)10(12)9(4-7)20(14,17)18/h3-4,6H,5H2,1-2H3,(H,15,16)(H2,14,17,18). The van der Waals surface area contributed by atoms with Gasteiger partial charge in [-0.25, -0.2) is 13.6 Å². The van der Waals surface area contributed by atoms with Crippen LogP contribution in [0.3, 0.4) is 0 Å². The van der Waals surface area contributed by atoms with E-state index in [2.05, 4.69) is 21.2 Å². The van der Waals surface area contributed by atoms with Crippen molar-refractivity contribution in [3.63, 3.8) is 0 Å². The lowest BCUT2D eigenvalue weighted by atomic mass is 10.2. The highest BCUT2D eigenvalue weighted by Gasteiger charge is 2.20. The van der Waals surface area contributed by atoms with Crippen molar-refractivity contribution < 1.29 is 17.9 Å². The summed E-state index contributed by atoms with van der Waals surface area (Å²) in [6.45, 7) is 2.08. The Morgan fingerprint density at radius 1 is 1.55 bits per heavy atom. The van der Waals surface area contributed by atoms with E-state index >= 15 is 0 Å². The third-order valence-electron chi connectivity index (χ3n) is 2.36. The third kappa shape index (κ3) is 4.42. The first-order valence-electron chi connectivity index (χ1n) is 5.48. The summed E-state index contributed by atoms with van der Waals surface area (Å²) in [4.78, 5) is 11.8. The average molecular weight is 386 g/mol. The molecule has 6 nitrogen and oxygen atoms in total. The molecule has 0 saturated carbocycles. The molecule has 0 bridgehead atoms. The number of halogens is 2. The van der Waals surface area contributed by atoms with Gasteiger partial charge in [0.2, 0.25) is 10.0 Å². The molecule has 0 aliphatic carbocycles. The highest BCUT2D eigenvalue weighted by molar-refractivity contribution is 9.10. The quantitative estimate of drug-likeness (QED) is 0.802. The summed E-state index contributed by atoms with van der Waals surface area (Å²) in [5.41, 5.74) is 0.102. The van der Waals surface area contributed by atoms with Gasteiger partial charge in [0.1, 0.15) is 0 Å². The molecule has 20 heavy (non-hydrogen) atoms. The first-order chi connectivity index (χ1) is 9.16. The van der Waals surface area contributed by atoms with E-state index in [4.69, 9.17) is 21.5 Å². The predicted octanol–water partition coefficient (Wildman–Crippen LogP) is 1.51. The fourth-order valence-electron chi connectivity index (χ4n) is 1.50. The molecule has 0 aliphatic rings. The summed E-state index contributed by atoms with van der Waals surface area (Å²) >= 11 is 8.93. The monoisotopic (exact) mass is 384 g/mol. The smallest absolute Gasteiger partial charge is 0.251 e. The largest absolute Gasteiger partial charge is 0.383 e. The van der Waals surface area contributed by atoms with Crippen LogP contribution in [0.4, 0.5) is 0 Å². The number of nitrogens with one attached hydrogen (secondary N) is 1. The van der Waals surface area contributed by atoms with Crippen molar-refractivity contribution in [2.75, 3.05) is 13.7 Å². The summed E-state index contributed by atoms with van der Waals surface area (Å²) in [7, 11) is -2.47. The van der Waals surface area contributed by atoms with Crippen molar-refractivity contribution in [2.24, 2.45) is 5.14 Å². The van der Waals surface area contributed by atoms with Gasteiger partial charge in [-0.3, -0.25) is 4.79 Å². The first-order valence-corrected chi connectivity index (χ1v) is 8.20. The Kier molecular flexibility index (Phi) is 5.96. The lowest BCUT2D eigenvalue weighted by Crippen LogP contribution is -2.35. The molecule has 1 rings (SSSR count). The Bertz CT molecular complexity index is 621. The number of amides is 1. The molecule has 0 fully saturated rings. The number of nitrogens with two attached hydrogens (primary N) is 1. The van der Waals surface area contributed by atoms with Crippen LogP contribution in [0.2, 0.25) is 5.02 Å². The van der Waals surface area contributed by atoms with E-state index in [0.717, 1.165) is 0 Å². The van der Waals surface area contributed by atoms with Gasteiger partial charge in [-0.2, -0.15) is 0 Å². The Morgan fingerprint density at radius 2 is 2.15 bits per heavy atom. The fraction of sp³-hybridized carbons (Fsp3) is 0.364. The van der Waals surface area contributed by atoms with E-state index in [1.54, 1.807) is 6.92 Å². The van der Waals surface area contributed by atoms with Gasteiger partial charge in [0.25, 0.3) is 5.91 Å². The highest BCUT2D eigenvalue weighted by Crippen LogP contribution is 2.30. The number of rotatable bonds is 5. The Morgan fingerprint density at radius 3 is 2.65 bits per heavy atom. The van der Waals surface area contributed by atoms with Crippen LogP contribution in [0.1, 0.15) is 17.3 Å². The van der Waals surface area contributed by atoms with E-state index < -0.39 is 15.9 Å². The van der Waals surface area contributed by atoms with Crippen LogP contribution >= 0.6 is 27.5 Å². The normalized spacial score (nSPS) is 13.1. The lowest BCUT2D eigenvalue weighted by Gasteiger charge is -2.14. The van der Waals surface area contributed by atoms with E-state index in [-0.39, 0.29) is 26.0 Å². The molecule has 1 aromatic rings. The Hall–Kier alpha value is -0.670. The molecule has 0 saturated heterocycles. The fourth-order valence-corrected chi connectivity index (χ4v) is 3.33. The zero-order valence-corrected chi connectivity index (χ0v) is 14.0. The number of hydrogen-bond acceptors (Lipinski definition) is 4. The molecule has 0 aromatic heterocycles. The van der Waals surface area contributed by atoms with Crippen LogP contribution in [0.25, 0.3) is 0 Å². The molecule has 112 valence electrons. The van der Waals surface area contributed by atoms with Crippen molar-refractivity contribution in [1.82, 2.24) is 5.32 Å². The van der Waals surface area contributed by atoms with Gasteiger partial charge < -0.3 is 10.1 Å². The van der Waals surface area contributed by atoms with Crippen molar-refractivity contribution in [1.29, 1.82) is 0 Å². The zero-order chi connectivity index (χ0) is 15.5. The van der Waals surface area contributed by atoms with Crippen molar-refractivity contribution in [3.05, 3.63) is 27.2 Å². The molecule has 9 heteroatoms. The number of sulfonamides is 1. The highest BCUT2D eigenvalue weighted by atomic mass is 79.9. The zero-order valence-electron chi connectivity index (χ0n) is 10.8. The topological polar surface area (TPSA) is 98.5 Å². The molecule has 1 aromatic carbocycles. The van der Waals surface area contributed by atoms with E-state index in [9.17, 15) is 13.2 Å². The number of carbonyl (C=O) groups is 1. The molecule has 0 spiro atoms. The van der Waals surface area contributed by atoms with Gasteiger partial charge >= 0.3 is 0 Å².